The first kappa shape index (κ1) is 37.0. The van der Waals surface area contributed by atoms with Crippen molar-refractivity contribution in [1.82, 2.24) is 4.98 Å². The average Bonchev–Trinajstić information content (AvgIpc) is 3.72. The molecule has 1 aromatic heterocycles. The Labute approximate surface area is 350 Å². The van der Waals surface area contributed by atoms with Crippen LogP contribution in [0.2, 0.25) is 0 Å². The minimum atomic E-state index is -1.53. The predicted octanol–water partition coefficient (Wildman–Crippen LogP) is 12.1. The smallest absolute Gasteiger partial charge is 0.423 e. The van der Waals surface area contributed by atoms with Crippen molar-refractivity contribution >= 4 is 61.5 Å². The van der Waals surface area contributed by atoms with Crippen LogP contribution in [0.1, 0.15) is 33.4 Å². The molecule has 0 amide bonds. The molecule has 8 aromatic rings. The van der Waals surface area contributed by atoms with Crippen molar-refractivity contribution in [2.75, 3.05) is 4.90 Å². The Morgan fingerprint density at radius 1 is 0.491 bits per heavy atom. The third kappa shape index (κ3) is 6.26. The molecule has 1 heterocycles. The number of rotatable bonds is 5. The fraction of sp³-hybridized carbons (Fsp3) is 0.0600. The van der Waals surface area contributed by atoms with Crippen LogP contribution in [-0.4, -0.2) is 22.2 Å². The summed E-state index contributed by atoms with van der Waals surface area (Å²) in [5, 5.41) is 19.7. The maximum absolute atomic E-state index is 9.86. The van der Waals surface area contributed by atoms with Crippen molar-refractivity contribution in [1.29, 1.82) is 0 Å². The lowest BCUT2D eigenvalue weighted by Gasteiger charge is -2.32. The van der Waals surface area contributed by atoms with Crippen LogP contribution in [0.15, 0.2) is 185 Å². The van der Waals surface area contributed by atoms with Gasteiger partial charge in [0.15, 0.2) is 0 Å². The summed E-state index contributed by atoms with van der Waals surface area (Å²) >= 11 is 6.75. The van der Waals surface area contributed by atoms with Crippen LogP contribution in [0.5, 0.6) is 0 Å². The van der Waals surface area contributed by atoms with Crippen molar-refractivity contribution in [2.24, 2.45) is 0 Å². The maximum Gasteiger partial charge on any atom is 0.488 e. The quantitative estimate of drug-likeness (QED) is 0.134. The topological polar surface area (TPSA) is 56.6 Å². The molecular weight excluding hydrogens is 831 g/mol. The number of fused-ring (bicyclic) bond motifs is 10. The molecule has 1 spiro atoms. The minimum Gasteiger partial charge on any atom is -0.423 e. The fourth-order valence-corrected chi connectivity index (χ4v) is 9.36. The van der Waals surface area contributed by atoms with Crippen molar-refractivity contribution in [3.8, 4) is 33.4 Å². The Kier molecular flexibility index (Phi) is 9.79. The summed E-state index contributed by atoms with van der Waals surface area (Å²) in [7, 11) is -1.53. The van der Waals surface area contributed by atoms with E-state index in [1.54, 1.807) is 18.3 Å². The zero-order valence-corrected chi connectivity index (χ0v) is 34.5. The molecule has 2 aliphatic carbocycles. The van der Waals surface area contributed by atoms with Crippen LogP contribution in [0.3, 0.4) is 0 Å². The lowest BCUT2D eigenvalue weighted by atomic mass is 9.70. The normalized spacial score (nSPS) is 12.5. The zero-order chi connectivity index (χ0) is 39.3. The highest BCUT2D eigenvalue weighted by atomic mass is 79.9. The van der Waals surface area contributed by atoms with Gasteiger partial charge in [-0.25, -0.2) is 4.98 Å². The van der Waals surface area contributed by atoms with E-state index in [4.69, 9.17) is 0 Å². The van der Waals surface area contributed by atoms with Gasteiger partial charge in [0.2, 0.25) is 0 Å². The zero-order valence-electron chi connectivity index (χ0n) is 31.4. The molecule has 0 aliphatic heterocycles. The van der Waals surface area contributed by atoms with Crippen molar-refractivity contribution in [2.45, 2.75) is 19.3 Å². The molecule has 0 saturated heterocycles. The van der Waals surface area contributed by atoms with Gasteiger partial charge >= 0.3 is 7.12 Å². The summed E-state index contributed by atoms with van der Waals surface area (Å²) in [4.78, 5) is 6.38. The number of halogens is 2. The summed E-state index contributed by atoms with van der Waals surface area (Å²) in [5.41, 5.74) is 17.9. The molecule has 0 atom stereocenters. The molecule has 0 bridgehead atoms. The highest BCUT2D eigenvalue weighted by Crippen LogP contribution is 2.63. The molecule has 0 radical (unpaired) electrons. The van der Waals surface area contributed by atoms with Gasteiger partial charge in [0.05, 0.1) is 5.41 Å². The van der Waals surface area contributed by atoms with Crippen LogP contribution >= 0.6 is 31.9 Å². The molecule has 7 aromatic carbocycles. The van der Waals surface area contributed by atoms with E-state index in [1.807, 2.05) is 25.1 Å². The predicted molar refractivity (Wildman–Crippen MR) is 242 cm³/mol. The molecule has 2 aliphatic rings. The molecule has 2 N–H and O–H groups in total. The van der Waals surface area contributed by atoms with Crippen LogP contribution in [-0.2, 0) is 5.41 Å². The third-order valence-corrected chi connectivity index (χ3v) is 13.0. The van der Waals surface area contributed by atoms with Gasteiger partial charge in [0.1, 0.15) is 4.60 Å². The first-order valence-corrected chi connectivity index (χ1v) is 20.5. The van der Waals surface area contributed by atoms with Gasteiger partial charge in [-0.3, -0.25) is 0 Å². The van der Waals surface area contributed by atoms with Gasteiger partial charge in [0.25, 0.3) is 0 Å². The number of hydrogen-bond donors (Lipinski definition) is 2. The lowest BCUT2D eigenvalue weighted by Crippen LogP contribution is -2.29. The van der Waals surface area contributed by atoms with Crippen molar-refractivity contribution < 1.29 is 10.0 Å². The largest absolute Gasteiger partial charge is 0.488 e. The number of aromatic nitrogens is 1. The van der Waals surface area contributed by atoms with Crippen LogP contribution in [0.4, 0.5) is 17.1 Å². The second-order valence-corrected chi connectivity index (χ2v) is 16.1. The first-order chi connectivity index (χ1) is 27.8. The van der Waals surface area contributed by atoms with E-state index in [0.717, 1.165) is 37.3 Å². The Bertz CT molecular complexity index is 2700. The lowest BCUT2D eigenvalue weighted by molar-refractivity contribution is 0.426. The van der Waals surface area contributed by atoms with Crippen LogP contribution < -0.4 is 10.4 Å². The average molecular weight is 868 g/mol. The van der Waals surface area contributed by atoms with Gasteiger partial charge in [0, 0.05) is 27.7 Å². The number of anilines is 3. The summed E-state index contributed by atoms with van der Waals surface area (Å²) < 4.78 is 1.99. The molecule has 276 valence electrons. The van der Waals surface area contributed by atoms with Gasteiger partial charge in [-0.15, -0.1) is 0 Å². The van der Waals surface area contributed by atoms with E-state index >= 15 is 0 Å². The van der Waals surface area contributed by atoms with E-state index in [0.29, 0.717) is 5.46 Å². The number of pyridine rings is 1. The van der Waals surface area contributed by atoms with Gasteiger partial charge < -0.3 is 14.9 Å². The molecular formula is C50H37BBr2N2O2. The summed E-state index contributed by atoms with van der Waals surface area (Å²) in [6.45, 7) is 4.10. The first-order valence-electron chi connectivity index (χ1n) is 18.9. The molecule has 0 fully saturated rings. The highest BCUT2D eigenvalue weighted by molar-refractivity contribution is 9.11. The van der Waals surface area contributed by atoms with Crippen molar-refractivity contribution in [3.05, 3.63) is 219 Å². The monoisotopic (exact) mass is 866 g/mol. The number of hydrogen-bond acceptors (Lipinski definition) is 4. The van der Waals surface area contributed by atoms with E-state index in [9.17, 15) is 10.0 Å². The second-order valence-electron chi connectivity index (χ2n) is 14.5. The maximum atomic E-state index is 9.86. The van der Waals surface area contributed by atoms with E-state index < -0.39 is 12.5 Å². The Hall–Kier alpha value is -5.57. The molecule has 4 nitrogen and oxygen atoms in total. The Balaban J connectivity index is 0.000000371. The molecule has 10 rings (SSSR count). The Morgan fingerprint density at radius 3 is 1.58 bits per heavy atom. The third-order valence-electron chi connectivity index (χ3n) is 11.4. The van der Waals surface area contributed by atoms with Crippen LogP contribution in [0, 0.1) is 13.8 Å². The fourth-order valence-electron chi connectivity index (χ4n) is 8.56. The van der Waals surface area contributed by atoms with E-state index in [1.165, 1.54) is 55.6 Å². The highest BCUT2D eigenvalue weighted by Gasteiger charge is 2.51. The summed E-state index contributed by atoms with van der Waals surface area (Å²) in [5.74, 6) is 0. The minimum absolute atomic E-state index is 0.447. The SMILES string of the molecule is Cc1c(Br)cnc(Br)c1C.OB(O)c1ccc(N(c2cccc(-c3ccccc3)c2)c2ccc3c(c2)C2(c4ccccc4-c4ccccc42)c2ccccc2-3)cc1. The Morgan fingerprint density at radius 2 is 1.00 bits per heavy atom. The summed E-state index contributed by atoms with van der Waals surface area (Å²) in [6.07, 6.45) is 1.80. The van der Waals surface area contributed by atoms with Gasteiger partial charge in [-0.2, -0.15) is 0 Å². The molecule has 57 heavy (non-hydrogen) atoms. The molecule has 7 heteroatoms. The van der Waals surface area contributed by atoms with Crippen molar-refractivity contribution in [3.63, 3.8) is 0 Å². The van der Waals surface area contributed by atoms with E-state index in [-0.39, 0.29) is 0 Å². The van der Waals surface area contributed by atoms with Gasteiger partial charge in [-0.05, 0) is 154 Å². The van der Waals surface area contributed by atoms with Crippen LogP contribution in [0.25, 0.3) is 33.4 Å². The molecule has 0 saturated carbocycles. The van der Waals surface area contributed by atoms with E-state index in [2.05, 4.69) is 188 Å². The number of nitrogens with zero attached hydrogens (tertiary/aromatic N) is 2. The second kappa shape index (κ2) is 15.1. The van der Waals surface area contributed by atoms with Gasteiger partial charge in [-0.1, -0.05) is 133 Å². The summed E-state index contributed by atoms with van der Waals surface area (Å²) in [6, 6.07) is 60.0. The standard InChI is InChI=1S/C43H30BNO2.C7H7Br2N/c46-44(47)31-21-23-32(24-22-31)45(33-14-10-13-30(27-33)29-11-2-1-3-12-29)34-25-26-38-37-17-6-9-20-41(37)43(42(38)28-34)39-18-7-4-15-35(39)36-16-5-8-19-40(36)43;1-4-5(2)7(9)10-3-6(4)8/h1-28,46-47H;3H,1-2H3. The number of benzene rings is 7. The molecule has 0 unspecified atom stereocenters.